The molecule has 0 unspecified atom stereocenters. The summed E-state index contributed by atoms with van der Waals surface area (Å²) in [7, 11) is 5.87. The van der Waals surface area contributed by atoms with Gasteiger partial charge >= 0.3 is 41.5 Å². The number of hydrogen-bond acceptors (Lipinski definition) is 18. The van der Waals surface area contributed by atoms with Gasteiger partial charge in [0.15, 0.2) is 42.6 Å². The Kier molecular flexibility index (Phi) is 19.9. The van der Waals surface area contributed by atoms with E-state index in [1.54, 1.807) is 38.3 Å². The van der Waals surface area contributed by atoms with Crippen LogP contribution >= 0.6 is 0 Å². The van der Waals surface area contributed by atoms with Gasteiger partial charge in [0.2, 0.25) is 11.8 Å². The first-order valence-electron chi connectivity index (χ1n) is 21.1. The van der Waals surface area contributed by atoms with Gasteiger partial charge in [-0.25, -0.2) is 38.7 Å². The molecule has 2 bridgehead atoms. The molecule has 2 saturated heterocycles. The van der Waals surface area contributed by atoms with Crippen LogP contribution in [-0.4, -0.2) is 102 Å². The summed E-state index contributed by atoms with van der Waals surface area (Å²) in [5.41, 5.74) is 5.57. The molecule has 359 valence electrons. The van der Waals surface area contributed by atoms with E-state index in [9.17, 15) is 33.2 Å². The molecule has 9 rings (SSSR count). The minimum absolute atomic E-state index is 0. The van der Waals surface area contributed by atoms with E-state index in [0.29, 0.717) is 83.5 Å². The van der Waals surface area contributed by atoms with Gasteiger partial charge < -0.3 is 47.6 Å². The number of ether oxygens (including phenoxy) is 4. The summed E-state index contributed by atoms with van der Waals surface area (Å²) >= 11 is 0. The molecular formula is C46H51BFN7NaO13. The van der Waals surface area contributed by atoms with Crippen LogP contribution < -0.4 is 59.7 Å². The summed E-state index contributed by atoms with van der Waals surface area (Å²) in [6.07, 6.45) is 10.1. The number of methoxy groups -OCH3 is 1. The minimum atomic E-state index is -0.639. The van der Waals surface area contributed by atoms with Crippen LogP contribution in [0.15, 0.2) is 31.5 Å². The van der Waals surface area contributed by atoms with E-state index in [2.05, 4.69) is 66.5 Å². The van der Waals surface area contributed by atoms with Crippen LogP contribution in [-0.2, 0) is 56.1 Å². The molecule has 4 aromatic rings. The van der Waals surface area contributed by atoms with Crippen molar-refractivity contribution in [1.82, 2.24) is 25.3 Å². The Morgan fingerprint density at radius 2 is 1.45 bits per heavy atom. The summed E-state index contributed by atoms with van der Waals surface area (Å²) in [6, 6.07) is 3.54. The normalized spacial score (nSPS) is 17.9. The Bertz CT molecular complexity index is 2600. The molecule has 1 aliphatic carbocycles. The van der Waals surface area contributed by atoms with E-state index >= 15 is 0 Å². The number of fused-ring (bicyclic) bond motifs is 6. The van der Waals surface area contributed by atoms with Crippen molar-refractivity contribution in [3.63, 3.8) is 0 Å². The number of halogens is 1. The van der Waals surface area contributed by atoms with Crippen LogP contribution in [0, 0.1) is 19.7 Å². The predicted molar refractivity (Wildman–Crippen MR) is 244 cm³/mol. The number of nitrogens with zero attached hydrogens (tertiary/aromatic N) is 4. The molecule has 4 aliphatic heterocycles. The number of rotatable bonds is 10. The first-order chi connectivity index (χ1) is 32.4. The maximum absolute atomic E-state index is 14.8. The maximum atomic E-state index is 14.8. The van der Waals surface area contributed by atoms with Crippen molar-refractivity contribution in [3.05, 3.63) is 76.5 Å². The van der Waals surface area contributed by atoms with E-state index in [4.69, 9.17) is 23.9 Å². The van der Waals surface area contributed by atoms with Crippen molar-refractivity contribution < 1.29 is 96.1 Å². The number of aromatic nitrogens is 4. The summed E-state index contributed by atoms with van der Waals surface area (Å²) < 4.78 is 41.1. The molecule has 0 spiro atoms. The summed E-state index contributed by atoms with van der Waals surface area (Å²) in [6.45, 7) is 15.9. The van der Waals surface area contributed by atoms with Crippen LogP contribution in [0.1, 0.15) is 96.9 Å². The molecule has 4 aromatic heterocycles. The molecule has 2 amide bonds. The average Bonchev–Trinajstić information content (AvgIpc) is 3.33. The second kappa shape index (κ2) is 24.8. The Labute approximate surface area is 420 Å². The van der Waals surface area contributed by atoms with Gasteiger partial charge in [0, 0.05) is 66.7 Å². The van der Waals surface area contributed by atoms with Crippen molar-refractivity contribution in [2.75, 3.05) is 37.6 Å². The number of anilines is 2. The smallest absolute Gasteiger partial charge is 0.793 e. The number of nitrogens with one attached hydrogen (secondary N) is 3. The molecular weight excluding hydrogens is 911 g/mol. The molecule has 0 aromatic carbocycles. The van der Waals surface area contributed by atoms with Gasteiger partial charge in [-0.05, 0) is 58.4 Å². The second-order valence-corrected chi connectivity index (χ2v) is 15.9. The third-order valence-corrected chi connectivity index (χ3v) is 11.3. The standard InChI is InChI=1S/C29H32FN5O4.C11H10N2O3.C4H6O4.C2H3BO2.Na/c1-4-18-17(2)26-27(34-23(36)15-38-26)33-22(18)14-32-28-9-11-29(12-10-28,39-16-28)8-7-19-20(30)13-31-21-5-6-24(37-3)35-25(19)21;1-3-7-6(2)10-11(12-8(7)4-14)13-9(15)5-16-10;1-3(5)7-8-4(2)6;1-2(4)5-3;/h4-6,13,32H,1,7-12,14-16H2,2-3H3,(H,33,34,36);3-4H,1,5H2,2H3,(H,12,13,15);1-2H3;1H3;/q;;;-1;+1. The Hall–Kier alpha value is -6.33. The van der Waals surface area contributed by atoms with E-state index in [1.165, 1.54) is 13.1 Å². The fourth-order valence-corrected chi connectivity index (χ4v) is 7.86. The zero-order valence-corrected chi connectivity index (χ0v) is 41.5. The molecule has 0 atom stereocenters. The van der Waals surface area contributed by atoms with E-state index in [0.717, 1.165) is 61.9 Å². The van der Waals surface area contributed by atoms with Gasteiger partial charge in [-0.1, -0.05) is 25.3 Å². The van der Waals surface area contributed by atoms with Crippen molar-refractivity contribution in [3.8, 4) is 17.4 Å². The van der Waals surface area contributed by atoms with Crippen LogP contribution in [0.25, 0.3) is 23.2 Å². The Morgan fingerprint density at radius 3 is 1.94 bits per heavy atom. The molecule has 23 heteroatoms. The first kappa shape index (κ1) is 55.3. The minimum Gasteiger partial charge on any atom is -0.793 e. The molecule has 69 heavy (non-hydrogen) atoms. The van der Waals surface area contributed by atoms with Crippen LogP contribution in [0.3, 0.4) is 0 Å². The number of aryl methyl sites for hydroxylation is 1. The number of aldehydes is 1. The number of pyridine rings is 4. The Balaban J connectivity index is 0.000000283. The summed E-state index contributed by atoms with van der Waals surface area (Å²) in [5, 5.41) is 9.09. The molecule has 5 aliphatic rings. The summed E-state index contributed by atoms with van der Waals surface area (Å²) in [4.78, 5) is 87.9. The molecule has 3 N–H and O–H groups in total. The summed E-state index contributed by atoms with van der Waals surface area (Å²) in [5.74, 6) is -0.299. The van der Waals surface area contributed by atoms with Crippen LogP contribution in [0.2, 0.25) is 0 Å². The monoisotopic (exact) mass is 962 g/mol. The van der Waals surface area contributed by atoms with Crippen molar-refractivity contribution in [1.29, 1.82) is 0 Å². The first-order valence-corrected chi connectivity index (χ1v) is 21.1. The van der Waals surface area contributed by atoms with Gasteiger partial charge in [-0.2, -0.15) is 0 Å². The quantitative estimate of drug-likeness (QED) is 0.0890. The fraction of sp³-hybridized carbons (Fsp3) is 0.391. The molecule has 3 fully saturated rings. The van der Waals surface area contributed by atoms with Gasteiger partial charge in [-0.3, -0.25) is 24.2 Å². The molecule has 20 nitrogen and oxygen atoms in total. The van der Waals surface area contributed by atoms with E-state index in [1.807, 2.05) is 6.92 Å². The second-order valence-electron chi connectivity index (χ2n) is 15.9. The van der Waals surface area contributed by atoms with E-state index < -0.39 is 17.9 Å². The number of carbonyl (C=O) groups excluding carboxylic acids is 6. The molecule has 1 saturated carbocycles. The predicted octanol–water partition coefficient (Wildman–Crippen LogP) is 2.10. The number of amides is 2. The van der Waals surface area contributed by atoms with Crippen molar-refractivity contribution in [2.45, 2.75) is 90.8 Å². The Morgan fingerprint density at radius 1 is 0.884 bits per heavy atom. The maximum Gasteiger partial charge on any atom is 1.00 e. The molecule has 3 radical (unpaired) electrons. The number of hydrogen-bond donors (Lipinski definition) is 3. The largest absolute Gasteiger partial charge is 1.00 e. The molecule has 8 heterocycles. The van der Waals surface area contributed by atoms with Gasteiger partial charge in [0.05, 0.1) is 42.2 Å². The SMILES string of the molecule is C=Cc1c(C=O)nc2c(c1C)OCC(=O)N2.C=Cc1c(CNC23CCC(CCc4c(F)cnc5ccc(OC)nc45)(CC2)OC3)nc2c(c1C)OCC(=O)N2.CC(=O)OOC(C)=O.[B-]OC(C)=O.[Na+]. The van der Waals surface area contributed by atoms with Crippen LogP contribution in [0.4, 0.5) is 16.0 Å². The van der Waals surface area contributed by atoms with Gasteiger partial charge in [0.25, 0.3) is 11.8 Å². The van der Waals surface area contributed by atoms with Gasteiger partial charge in [-0.15, -0.1) is 0 Å². The average molecular weight is 963 g/mol. The van der Waals surface area contributed by atoms with Crippen molar-refractivity contribution in [2.24, 2.45) is 0 Å². The van der Waals surface area contributed by atoms with Crippen molar-refractivity contribution >= 4 is 78.9 Å². The number of carbonyl (C=O) groups is 6. The topological polar surface area (TPSA) is 255 Å². The van der Waals surface area contributed by atoms with Crippen LogP contribution in [0.5, 0.6) is 17.4 Å². The zero-order chi connectivity index (χ0) is 49.8. The van der Waals surface area contributed by atoms with Gasteiger partial charge in [0.1, 0.15) is 11.5 Å². The third-order valence-electron chi connectivity index (χ3n) is 11.3. The zero-order valence-electron chi connectivity index (χ0n) is 39.5. The fourth-order valence-electron chi connectivity index (χ4n) is 7.86. The van der Waals surface area contributed by atoms with E-state index in [-0.39, 0.29) is 77.2 Å². The third kappa shape index (κ3) is 13.9.